The van der Waals surface area contributed by atoms with E-state index in [-0.39, 0.29) is 73.5 Å². The van der Waals surface area contributed by atoms with E-state index in [0.717, 1.165) is 28.9 Å². The summed E-state index contributed by atoms with van der Waals surface area (Å²) in [5.74, 6) is -2.05. The molecule has 2 aliphatic carbocycles. The van der Waals surface area contributed by atoms with Crippen LogP contribution in [0.2, 0.25) is 5.02 Å². The lowest BCUT2D eigenvalue weighted by Crippen LogP contribution is -2.63. The molecule has 2 unspecified atom stereocenters. The molecule has 5 amide bonds. The van der Waals surface area contributed by atoms with Crippen LogP contribution in [0.1, 0.15) is 83.8 Å². The number of alkyl carbamates (subject to hydrolysis) is 1. The highest BCUT2D eigenvalue weighted by Crippen LogP contribution is 2.49. The summed E-state index contributed by atoms with van der Waals surface area (Å²) in [5.41, 5.74) is -0.945. The van der Waals surface area contributed by atoms with E-state index in [1.807, 2.05) is 31.2 Å². The molecule has 23 heteroatoms. The van der Waals surface area contributed by atoms with E-state index in [1.165, 1.54) is 45.0 Å². The number of ketones is 1. The third-order valence-electron chi connectivity index (χ3n) is 14.2. The zero-order chi connectivity index (χ0) is 55.9. The van der Waals surface area contributed by atoms with Crippen LogP contribution in [0.3, 0.4) is 0 Å². The highest BCUT2D eigenvalue weighted by Gasteiger charge is 2.64. The molecule has 2 aliphatic heterocycles. The Morgan fingerprint density at radius 1 is 1.01 bits per heavy atom. The van der Waals surface area contributed by atoms with Crippen LogP contribution in [0, 0.1) is 5.92 Å². The van der Waals surface area contributed by atoms with Crippen LogP contribution in [0.4, 0.5) is 14.4 Å². The first kappa shape index (κ1) is 61.6. The molecule has 2 saturated heterocycles. The van der Waals surface area contributed by atoms with Crippen LogP contribution < -0.4 is 15.4 Å². The molecule has 4 bridgehead atoms. The summed E-state index contributed by atoms with van der Waals surface area (Å²) in [6.07, 6.45) is 4.98. The maximum atomic E-state index is 14.1. The van der Waals surface area contributed by atoms with E-state index < -0.39 is 84.0 Å². The zero-order valence-corrected chi connectivity index (χ0v) is 47.3. The average Bonchev–Trinajstić information content (AvgIpc) is 4.08. The van der Waals surface area contributed by atoms with Crippen molar-refractivity contribution in [2.24, 2.45) is 5.92 Å². The summed E-state index contributed by atoms with van der Waals surface area (Å²) in [6, 6.07) is 2.43. The van der Waals surface area contributed by atoms with Gasteiger partial charge in [0.25, 0.3) is 0 Å². The SMILES string of the molecule is COc1cc2cc(c1Cl)CC(=O)C[C@H](OC(=O)[C@H](C)N(C)C(=O)CCOC(=O)N(C)CCN(C)C(=O)OC1/C=C/CC(OCCNC(=O)CBr)CCC1)[C@]1(C)O[C@H]1[C@H](C)[C@@H]1C[C@@](O)(NC(=O)O1)[C@H](OC)/C=C/C=C(\C)C2. The van der Waals surface area contributed by atoms with Gasteiger partial charge in [-0.1, -0.05) is 70.4 Å². The molecule has 0 aromatic heterocycles. The number of likely N-dealkylation sites (N-methyl/N-ethyl adjacent to an activating group) is 3. The Bertz CT molecular complexity index is 2340. The van der Waals surface area contributed by atoms with E-state index in [0.29, 0.717) is 43.7 Å². The van der Waals surface area contributed by atoms with Gasteiger partial charge in [0, 0.05) is 73.1 Å². The third-order valence-corrected chi connectivity index (χ3v) is 15.1. The van der Waals surface area contributed by atoms with E-state index >= 15 is 0 Å². The number of alkyl halides is 1. The summed E-state index contributed by atoms with van der Waals surface area (Å²) in [6.45, 7) is 7.57. The van der Waals surface area contributed by atoms with Gasteiger partial charge in [-0.2, -0.15) is 0 Å². The third kappa shape index (κ3) is 17.1. The maximum absolute atomic E-state index is 14.1. The first-order chi connectivity index (χ1) is 36.0. The van der Waals surface area contributed by atoms with Crippen molar-refractivity contribution in [1.29, 1.82) is 0 Å². The number of ether oxygens (including phenoxy) is 8. The van der Waals surface area contributed by atoms with Gasteiger partial charge in [-0.05, 0) is 76.1 Å². The smallest absolute Gasteiger partial charge is 0.410 e. The standard InChI is InChI=1S/C53H75BrClN5O16/c1-32-13-10-18-42(70-9)53(68)30-41(74-49(65)57-53)33(2)47-52(4,76-47)43(29-37(61)28-36-26-35(25-32)27-40(69-8)46(36)55)75-48(64)34(3)60(7)45(63)19-23-72-50(66)58(5)21-22-59(6)51(67)73-39-16-11-14-38(15-12-17-39)71-24-20-56-44(62)31-54/h10-11,13,16,18,26-27,33-34,38-39,41-43,47,68H,12,14-15,17,19-25,28-31H2,1-9H3,(H,56,62)(H,57,65)/b16-11+,18-10+,32-13+/t33-,34+,38?,39?,41+,42-,43+,47+,52+,53+/m1/s1. The van der Waals surface area contributed by atoms with Crippen LogP contribution in [0.15, 0.2) is 48.1 Å². The van der Waals surface area contributed by atoms with E-state index in [4.69, 9.17) is 49.5 Å². The van der Waals surface area contributed by atoms with Crippen molar-refractivity contribution in [3.8, 4) is 5.75 Å². The summed E-state index contributed by atoms with van der Waals surface area (Å²) in [5, 5.41) is 17.6. The van der Waals surface area contributed by atoms with Crippen LogP contribution in [-0.2, 0) is 65.2 Å². The fourth-order valence-corrected chi connectivity index (χ4v) is 9.77. The molecule has 3 N–H and O–H groups in total. The fraction of sp³-hybridized carbons (Fsp3) is 0.642. The minimum Gasteiger partial charge on any atom is -0.495 e. The van der Waals surface area contributed by atoms with E-state index in [2.05, 4.69) is 26.6 Å². The van der Waals surface area contributed by atoms with Crippen molar-refractivity contribution in [2.75, 3.05) is 73.5 Å². The van der Waals surface area contributed by atoms with Crippen molar-refractivity contribution in [1.82, 2.24) is 25.3 Å². The summed E-state index contributed by atoms with van der Waals surface area (Å²) in [4.78, 5) is 95.5. The molecule has 2 heterocycles. The number of aliphatic hydroxyl groups is 1. The number of methoxy groups -OCH3 is 2. The number of hydrogen-bond donors (Lipinski definition) is 3. The Labute approximate surface area is 458 Å². The topological polar surface area (TPSA) is 251 Å². The van der Waals surface area contributed by atoms with Gasteiger partial charge in [-0.3, -0.25) is 19.7 Å². The van der Waals surface area contributed by atoms with E-state index in [9.17, 15) is 38.7 Å². The second-order valence-electron chi connectivity index (χ2n) is 20.0. The molecule has 1 aromatic carbocycles. The predicted molar refractivity (Wildman–Crippen MR) is 282 cm³/mol. The van der Waals surface area contributed by atoms with Gasteiger partial charge in [0.15, 0.2) is 5.72 Å². The number of amides is 5. The Morgan fingerprint density at radius 2 is 1.74 bits per heavy atom. The normalized spacial score (nSPS) is 28.6. The van der Waals surface area contributed by atoms with Gasteiger partial charge >= 0.3 is 24.2 Å². The summed E-state index contributed by atoms with van der Waals surface area (Å²) < 4.78 is 46.3. The van der Waals surface area contributed by atoms with Gasteiger partial charge in [-0.15, -0.1) is 0 Å². The Morgan fingerprint density at radius 3 is 2.43 bits per heavy atom. The first-order valence-corrected chi connectivity index (χ1v) is 27.0. The Hall–Kier alpha value is -5.26. The van der Waals surface area contributed by atoms with Crippen LogP contribution in [-0.4, -0.2) is 189 Å². The number of allylic oxidation sites excluding steroid dienone is 3. The monoisotopic (exact) mass is 1150 g/mol. The van der Waals surface area contributed by atoms with Gasteiger partial charge < -0.3 is 63.0 Å². The molecule has 0 spiro atoms. The predicted octanol–water partition coefficient (Wildman–Crippen LogP) is 5.59. The van der Waals surface area contributed by atoms with Crippen LogP contribution in [0.25, 0.3) is 0 Å². The van der Waals surface area contributed by atoms with E-state index in [1.54, 1.807) is 39.1 Å². The molecule has 0 radical (unpaired) electrons. The highest BCUT2D eigenvalue weighted by atomic mass is 79.9. The van der Waals surface area contributed by atoms with Gasteiger partial charge in [0.2, 0.25) is 11.8 Å². The number of hydrogen-bond acceptors (Lipinski definition) is 16. The molecule has 10 atom stereocenters. The van der Waals surface area contributed by atoms with Gasteiger partial charge in [0.1, 0.15) is 54.2 Å². The Kier molecular flexibility index (Phi) is 23.0. The quantitative estimate of drug-likeness (QED) is 0.0430. The van der Waals surface area contributed by atoms with Crippen molar-refractivity contribution >= 4 is 69.4 Å². The number of rotatable bonds is 17. The number of nitrogens with zero attached hydrogens (tertiary/aromatic N) is 3. The number of esters is 1. The second-order valence-corrected chi connectivity index (χ2v) is 20.9. The molecule has 5 rings (SSSR count). The molecule has 4 aliphatic rings. The molecule has 422 valence electrons. The number of carbonyl (C=O) groups excluding carboxylic acids is 7. The molecular formula is C53H75BrClN5O16. The number of nitrogens with one attached hydrogen (secondary N) is 2. The first-order valence-electron chi connectivity index (χ1n) is 25.5. The lowest BCUT2D eigenvalue weighted by molar-refractivity contribution is -0.162. The van der Waals surface area contributed by atoms with Crippen molar-refractivity contribution in [3.05, 3.63) is 64.2 Å². The molecular weight excluding hydrogens is 1080 g/mol. The minimum absolute atomic E-state index is 0.00221. The van der Waals surface area contributed by atoms with Crippen molar-refractivity contribution < 1.29 is 76.6 Å². The number of carbonyl (C=O) groups is 7. The van der Waals surface area contributed by atoms with Crippen molar-refractivity contribution in [3.63, 3.8) is 0 Å². The second kappa shape index (κ2) is 28.4. The molecule has 2 fully saturated rings. The number of benzene rings is 1. The molecule has 21 nitrogen and oxygen atoms in total. The highest BCUT2D eigenvalue weighted by molar-refractivity contribution is 9.09. The number of Topliss-reactive ketones (excluding diaryl/α,β-unsaturated/α-hetero) is 1. The number of epoxide rings is 1. The fourth-order valence-electron chi connectivity index (χ4n) is 9.31. The summed E-state index contributed by atoms with van der Waals surface area (Å²) >= 11 is 9.87. The largest absolute Gasteiger partial charge is 0.495 e. The van der Waals surface area contributed by atoms with Crippen LogP contribution in [0.5, 0.6) is 5.75 Å². The maximum Gasteiger partial charge on any atom is 0.410 e. The van der Waals surface area contributed by atoms with Crippen LogP contribution >= 0.6 is 27.5 Å². The molecule has 76 heavy (non-hydrogen) atoms. The minimum atomic E-state index is -1.88. The van der Waals surface area contributed by atoms with Crippen molar-refractivity contribution in [2.45, 2.75) is 139 Å². The lowest BCUT2D eigenvalue weighted by Gasteiger charge is -2.42. The number of fused-ring (bicyclic) bond motifs is 5. The summed E-state index contributed by atoms with van der Waals surface area (Å²) in [7, 11) is 7.34. The Balaban J connectivity index is 1.16. The molecule has 0 saturated carbocycles. The van der Waals surface area contributed by atoms with Gasteiger partial charge in [0.05, 0.1) is 42.7 Å². The number of halogens is 2. The zero-order valence-electron chi connectivity index (χ0n) is 44.9. The molecule has 1 aromatic rings. The average molecular weight is 1150 g/mol. The van der Waals surface area contributed by atoms with Gasteiger partial charge in [-0.25, -0.2) is 19.2 Å². The lowest BCUT2D eigenvalue weighted by atomic mass is 9.83.